The highest BCUT2D eigenvalue weighted by Gasteiger charge is 2.63. The topological polar surface area (TPSA) is 75.5 Å². The van der Waals surface area contributed by atoms with Gasteiger partial charge >= 0.3 is 5.69 Å². The first-order chi connectivity index (χ1) is 16.7. The molecule has 5 rings (SSSR count). The highest BCUT2D eigenvalue weighted by atomic mass is 16.2. The van der Waals surface area contributed by atoms with E-state index in [9.17, 15) is 14.4 Å². The van der Waals surface area contributed by atoms with E-state index in [1.807, 2.05) is 31.2 Å². The number of carbonyl (C=O) groups is 2. The van der Waals surface area contributed by atoms with Crippen molar-refractivity contribution in [2.24, 2.45) is 5.41 Å². The third-order valence-corrected chi connectivity index (χ3v) is 8.79. The molecule has 1 aromatic heterocycles. The highest BCUT2D eigenvalue weighted by Crippen LogP contribution is 2.55. The summed E-state index contributed by atoms with van der Waals surface area (Å²) in [7, 11) is 0. The van der Waals surface area contributed by atoms with Crippen LogP contribution in [-0.4, -0.2) is 55.3 Å². The molecular weight excluding hydrogens is 440 g/mol. The van der Waals surface area contributed by atoms with Crippen LogP contribution in [0.1, 0.15) is 62.9 Å². The summed E-state index contributed by atoms with van der Waals surface area (Å²) in [6, 6.07) is 12.2. The number of nitrogens with zero attached hydrogens (tertiary/aromatic N) is 4. The number of aromatic nitrogens is 2. The largest absolute Gasteiger partial charge is 0.348 e. The Kier molecular flexibility index (Phi) is 6.06. The van der Waals surface area contributed by atoms with E-state index < -0.39 is 0 Å². The van der Waals surface area contributed by atoms with Crippen LogP contribution in [0.25, 0.3) is 0 Å². The maximum Gasteiger partial charge on any atom is 0.348 e. The van der Waals surface area contributed by atoms with Gasteiger partial charge in [-0.3, -0.25) is 14.2 Å². The Morgan fingerprint density at radius 1 is 1.06 bits per heavy atom. The molecular formula is C28H36N4O3. The molecule has 1 aliphatic carbocycles. The van der Waals surface area contributed by atoms with Crippen molar-refractivity contribution in [1.82, 2.24) is 19.4 Å². The second kappa shape index (κ2) is 8.92. The zero-order chi connectivity index (χ0) is 24.9. The van der Waals surface area contributed by atoms with Gasteiger partial charge in [-0.1, -0.05) is 50.1 Å². The Morgan fingerprint density at radius 3 is 2.34 bits per heavy atom. The van der Waals surface area contributed by atoms with Crippen molar-refractivity contribution in [2.75, 3.05) is 0 Å². The quantitative estimate of drug-likeness (QED) is 0.679. The van der Waals surface area contributed by atoms with E-state index in [0.717, 1.165) is 44.2 Å². The molecule has 3 fully saturated rings. The molecule has 35 heavy (non-hydrogen) atoms. The molecule has 0 spiro atoms. The van der Waals surface area contributed by atoms with Crippen LogP contribution in [0.15, 0.2) is 41.2 Å². The summed E-state index contributed by atoms with van der Waals surface area (Å²) in [6.45, 7) is 7.60. The van der Waals surface area contributed by atoms with Crippen molar-refractivity contribution < 1.29 is 9.59 Å². The summed E-state index contributed by atoms with van der Waals surface area (Å²) in [5, 5.41) is 0. The average molecular weight is 477 g/mol. The van der Waals surface area contributed by atoms with E-state index in [4.69, 9.17) is 0 Å². The third kappa shape index (κ3) is 3.99. The minimum atomic E-state index is -0.380. The minimum absolute atomic E-state index is 0.0101. The van der Waals surface area contributed by atoms with Crippen molar-refractivity contribution >= 4 is 11.8 Å². The van der Waals surface area contributed by atoms with Crippen molar-refractivity contribution in [3.8, 4) is 0 Å². The first kappa shape index (κ1) is 23.8. The smallest absolute Gasteiger partial charge is 0.334 e. The fraction of sp³-hybridized carbons (Fsp3) is 0.571. The van der Waals surface area contributed by atoms with Gasteiger partial charge in [-0.15, -0.1) is 0 Å². The SMILES string of the molecule is CC(=O)N1[C@@H](Cc2ccccc2)[C@@H]2C[C@@]3(C)[C@H](CCCC[C@@H]13)N2C(=O)Cn1c(C)cc(C)nc1=O. The van der Waals surface area contributed by atoms with Crippen LogP contribution in [0.2, 0.25) is 0 Å². The summed E-state index contributed by atoms with van der Waals surface area (Å²) >= 11 is 0. The first-order valence-electron chi connectivity index (χ1n) is 12.9. The molecule has 0 unspecified atom stereocenters. The summed E-state index contributed by atoms with van der Waals surface area (Å²) in [4.78, 5) is 48.1. The maximum absolute atomic E-state index is 14.0. The molecule has 2 amide bonds. The van der Waals surface area contributed by atoms with Gasteiger partial charge in [0.2, 0.25) is 11.8 Å². The van der Waals surface area contributed by atoms with Crippen molar-refractivity contribution in [3.05, 3.63) is 63.8 Å². The Bertz CT molecular complexity index is 1190. The molecule has 2 saturated heterocycles. The number of benzene rings is 1. The van der Waals surface area contributed by atoms with Crippen LogP contribution >= 0.6 is 0 Å². The fourth-order valence-electron chi connectivity index (χ4n) is 7.35. The van der Waals surface area contributed by atoms with Crippen LogP contribution in [-0.2, 0) is 22.6 Å². The standard InChI is InChI=1S/C28H36N4O3/c1-18-14-19(2)30(27(35)29-18)17-26(34)32-23-16-28(4)24(12-8-9-13-25(28)32)31(20(3)33)22(23)15-21-10-6-5-7-11-21/h5-7,10-11,14,22-25H,8-9,12-13,15-17H2,1-4H3/t22-,23-,24+,25-,28+/m0/s1. The molecule has 7 nitrogen and oxygen atoms in total. The lowest BCUT2D eigenvalue weighted by Crippen LogP contribution is -2.61. The lowest BCUT2D eigenvalue weighted by atomic mass is 9.69. The molecule has 186 valence electrons. The van der Waals surface area contributed by atoms with Gasteiger partial charge in [-0.25, -0.2) is 4.79 Å². The Balaban J connectivity index is 1.56. The summed E-state index contributed by atoms with van der Waals surface area (Å²) in [5.41, 5.74) is 2.06. The number of carbonyl (C=O) groups excluding carboxylic acids is 2. The van der Waals surface area contributed by atoms with Crippen molar-refractivity contribution in [3.63, 3.8) is 0 Å². The fourth-order valence-corrected chi connectivity index (χ4v) is 7.35. The number of aryl methyl sites for hydroxylation is 2. The maximum atomic E-state index is 14.0. The van der Waals surface area contributed by atoms with Gasteiger partial charge in [-0.05, 0) is 51.2 Å². The Hall–Kier alpha value is -2.96. The molecule has 1 aromatic carbocycles. The normalized spacial score (nSPS) is 29.7. The van der Waals surface area contributed by atoms with Gasteiger partial charge in [0.25, 0.3) is 0 Å². The summed E-state index contributed by atoms with van der Waals surface area (Å²) in [6.07, 6.45) is 5.65. The molecule has 1 saturated carbocycles. The molecule has 2 aliphatic heterocycles. The van der Waals surface area contributed by atoms with Crippen molar-refractivity contribution in [2.45, 2.75) is 96.9 Å². The minimum Gasteiger partial charge on any atom is -0.334 e. The molecule has 5 atom stereocenters. The van der Waals surface area contributed by atoms with Gasteiger partial charge in [0.05, 0.1) is 12.1 Å². The van der Waals surface area contributed by atoms with Crippen LogP contribution in [0.5, 0.6) is 0 Å². The first-order valence-corrected chi connectivity index (χ1v) is 12.9. The number of amides is 2. The molecule has 0 radical (unpaired) electrons. The Morgan fingerprint density at radius 2 is 1.71 bits per heavy atom. The van der Waals surface area contributed by atoms with E-state index in [0.29, 0.717) is 5.69 Å². The number of fused-ring (bicyclic) bond motifs is 1. The van der Waals surface area contributed by atoms with Gasteiger partial charge in [-0.2, -0.15) is 4.98 Å². The van der Waals surface area contributed by atoms with E-state index in [1.165, 1.54) is 10.1 Å². The average Bonchev–Trinajstić information content (AvgIpc) is 2.95. The van der Waals surface area contributed by atoms with Crippen LogP contribution in [0.4, 0.5) is 0 Å². The second-order valence-corrected chi connectivity index (χ2v) is 11.0. The number of hydrogen-bond acceptors (Lipinski definition) is 4. The monoisotopic (exact) mass is 476 g/mol. The van der Waals surface area contributed by atoms with Gasteiger partial charge in [0.15, 0.2) is 0 Å². The predicted octanol–water partition coefficient (Wildman–Crippen LogP) is 3.25. The summed E-state index contributed by atoms with van der Waals surface area (Å²) in [5.74, 6) is 0.0558. The van der Waals surface area contributed by atoms with Gasteiger partial charge in [0.1, 0.15) is 6.54 Å². The highest BCUT2D eigenvalue weighted by molar-refractivity contribution is 5.79. The molecule has 3 aliphatic rings. The Labute approximate surface area is 207 Å². The molecule has 7 heteroatoms. The zero-order valence-electron chi connectivity index (χ0n) is 21.2. The van der Waals surface area contributed by atoms with Gasteiger partial charge in [0, 0.05) is 35.8 Å². The van der Waals surface area contributed by atoms with E-state index >= 15 is 0 Å². The second-order valence-electron chi connectivity index (χ2n) is 11.0. The van der Waals surface area contributed by atoms with Crippen LogP contribution in [0, 0.1) is 19.3 Å². The zero-order valence-corrected chi connectivity index (χ0v) is 21.2. The van der Waals surface area contributed by atoms with E-state index in [-0.39, 0.29) is 53.6 Å². The molecule has 0 N–H and O–H groups in total. The van der Waals surface area contributed by atoms with Crippen LogP contribution in [0.3, 0.4) is 0 Å². The van der Waals surface area contributed by atoms with Gasteiger partial charge < -0.3 is 9.80 Å². The number of piperidine rings is 1. The van der Waals surface area contributed by atoms with Crippen LogP contribution < -0.4 is 5.69 Å². The van der Waals surface area contributed by atoms with E-state index in [2.05, 4.69) is 33.8 Å². The number of likely N-dealkylation sites (tertiary alicyclic amines) is 2. The molecule has 2 bridgehead atoms. The van der Waals surface area contributed by atoms with Crippen molar-refractivity contribution in [1.29, 1.82) is 0 Å². The lowest BCUT2D eigenvalue weighted by molar-refractivity contribution is -0.143. The predicted molar refractivity (Wildman–Crippen MR) is 134 cm³/mol. The number of rotatable bonds is 4. The third-order valence-electron chi connectivity index (χ3n) is 8.79. The molecule has 2 aromatic rings. The summed E-state index contributed by atoms with van der Waals surface area (Å²) < 4.78 is 1.49. The number of hydrogen-bond donors (Lipinski definition) is 0. The lowest BCUT2D eigenvalue weighted by Gasteiger charge is -2.50. The van der Waals surface area contributed by atoms with E-state index in [1.54, 1.807) is 13.8 Å². The molecule has 3 heterocycles.